The van der Waals surface area contributed by atoms with Gasteiger partial charge in [0, 0.05) is 10.5 Å². The van der Waals surface area contributed by atoms with Crippen molar-refractivity contribution in [3.63, 3.8) is 0 Å². The van der Waals surface area contributed by atoms with Crippen molar-refractivity contribution in [1.82, 2.24) is 5.32 Å². The van der Waals surface area contributed by atoms with E-state index in [0.29, 0.717) is 6.04 Å². The minimum atomic E-state index is 0.588. The average molecular weight is 305 g/mol. The molecule has 0 saturated carbocycles. The largest absolute Gasteiger partial charge is 0.315 e. The van der Waals surface area contributed by atoms with Gasteiger partial charge in [-0.05, 0) is 59.4 Å². The van der Waals surface area contributed by atoms with Crippen LogP contribution in [0.25, 0.3) is 0 Å². The van der Waals surface area contributed by atoms with E-state index in [9.17, 15) is 0 Å². The Morgan fingerprint density at radius 2 is 2.06 bits per heavy atom. The Kier molecular flexibility index (Phi) is 6.40. The van der Waals surface area contributed by atoms with E-state index < -0.39 is 0 Å². The summed E-state index contributed by atoms with van der Waals surface area (Å²) < 4.78 is 0.993. The lowest BCUT2D eigenvalue weighted by Crippen LogP contribution is -2.23. The van der Waals surface area contributed by atoms with Crippen LogP contribution in [0.2, 0.25) is 5.02 Å². The van der Waals surface area contributed by atoms with Gasteiger partial charge in [-0.1, -0.05) is 31.5 Å². The van der Waals surface area contributed by atoms with Gasteiger partial charge in [-0.25, -0.2) is 0 Å². The summed E-state index contributed by atoms with van der Waals surface area (Å²) in [7, 11) is 0. The van der Waals surface area contributed by atoms with Crippen LogP contribution in [0, 0.1) is 0 Å². The van der Waals surface area contributed by atoms with Crippen LogP contribution in [0.4, 0.5) is 0 Å². The number of unbranched alkanes of at least 4 members (excludes halogenated alkanes) is 1. The number of halogens is 2. The molecule has 0 aliphatic heterocycles. The Labute approximate surface area is 112 Å². The molecule has 0 aliphatic rings. The SMILES string of the molecule is CC(C)NCCCCc1ccc(Cl)c(Br)c1. The lowest BCUT2D eigenvalue weighted by molar-refractivity contribution is 0.557. The zero-order chi connectivity index (χ0) is 12.0. The number of hydrogen-bond donors (Lipinski definition) is 1. The Hall–Kier alpha value is -0.0500. The maximum absolute atomic E-state index is 5.94. The number of rotatable bonds is 6. The second-order valence-electron chi connectivity index (χ2n) is 4.31. The Balaban J connectivity index is 2.24. The Morgan fingerprint density at radius 3 is 2.69 bits per heavy atom. The molecule has 0 heterocycles. The monoisotopic (exact) mass is 303 g/mol. The highest BCUT2D eigenvalue weighted by Crippen LogP contribution is 2.23. The second-order valence-corrected chi connectivity index (χ2v) is 5.58. The van der Waals surface area contributed by atoms with Crippen molar-refractivity contribution in [2.45, 2.75) is 39.2 Å². The number of nitrogens with one attached hydrogen (secondary N) is 1. The second kappa shape index (κ2) is 7.31. The molecule has 0 atom stereocenters. The van der Waals surface area contributed by atoms with Gasteiger partial charge in [-0.2, -0.15) is 0 Å². The van der Waals surface area contributed by atoms with Crippen molar-refractivity contribution < 1.29 is 0 Å². The summed E-state index contributed by atoms with van der Waals surface area (Å²) in [6.45, 7) is 5.46. The summed E-state index contributed by atoms with van der Waals surface area (Å²) in [5, 5.41) is 4.20. The van der Waals surface area contributed by atoms with E-state index in [2.05, 4.69) is 47.2 Å². The molecular formula is C13H19BrClN. The molecule has 0 bridgehead atoms. The molecule has 0 radical (unpaired) electrons. The van der Waals surface area contributed by atoms with Crippen LogP contribution in [-0.2, 0) is 6.42 Å². The van der Waals surface area contributed by atoms with Gasteiger partial charge in [0.1, 0.15) is 0 Å². The van der Waals surface area contributed by atoms with Crippen molar-refractivity contribution in [3.8, 4) is 0 Å². The van der Waals surface area contributed by atoms with Crippen LogP contribution in [0.15, 0.2) is 22.7 Å². The van der Waals surface area contributed by atoms with Crippen molar-refractivity contribution in [2.24, 2.45) is 0 Å². The van der Waals surface area contributed by atoms with Crippen LogP contribution in [0.3, 0.4) is 0 Å². The number of aryl methyl sites for hydroxylation is 1. The summed E-state index contributed by atoms with van der Waals surface area (Å²) in [5.74, 6) is 0. The summed E-state index contributed by atoms with van der Waals surface area (Å²) in [5.41, 5.74) is 1.35. The normalized spacial score (nSPS) is 11.1. The van der Waals surface area contributed by atoms with Crippen molar-refractivity contribution in [2.75, 3.05) is 6.54 Å². The third-order valence-corrected chi connectivity index (χ3v) is 3.64. The van der Waals surface area contributed by atoms with Crippen LogP contribution in [0.1, 0.15) is 32.3 Å². The molecule has 90 valence electrons. The van der Waals surface area contributed by atoms with Crippen LogP contribution in [-0.4, -0.2) is 12.6 Å². The number of benzene rings is 1. The van der Waals surface area contributed by atoms with Gasteiger partial charge < -0.3 is 5.32 Å². The van der Waals surface area contributed by atoms with E-state index in [0.717, 1.165) is 22.5 Å². The van der Waals surface area contributed by atoms with Gasteiger partial charge in [-0.3, -0.25) is 0 Å². The molecule has 1 N–H and O–H groups in total. The molecule has 0 aliphatic carbocycles. The topological polar surface area (TPSA) is 12.0 Å². The fourth-order valence-electron chi connectivity index (χ4n) is 1.54. The van der Waals surface area contributed by atoms with Gasteiger partial charge in [0.15, 0.2) is 0 Å². The number of hydrogen-bond acceptors (Lipinski definition) is 1. The first-order valence-electron chi connectivity index (χ1n) is 5.77. The highest BCUT2D eigenvalue weighted by Gasteiger charge is 1.99. The molecule has 3 heteroatoms. The summed E-state index contributed by atoms with van der Waals surface area (Å²) >= 11 is 9.39. The fourth-order valence-corrected chi connectivity index (χ4v) is 2.08. The van der Waals surface area contributed by atoms with E-state index in [1.54, 1.807) is 0 Å². The molecular weight excluding hydrogens is 286 g/mol. The molecule has 0 aromatic heterocycles. The standard InChI is InChI=1S/C13H19BrClN/c1-10(2)16-8-4-3-5-11-6-7-13(15)12(14)9-11/h6-7,9-10,16H,3-5,8H2,1-2H3. The molecule has 0 fully saturated rings. The summed E-state index contributed by atoms with van der Waals surface area (Å²) in [6, 6.07) is 6.75. The first-order chi connectivity index (χ1) is 7.59. The minimum absolute atomic E-state index is 0.588. The van der Waals surface area contributed by atoms with E-state index in [1.807, 2.05) is 6.07 Å². The van der Waals surface area contributed by atoms with E-state index >= 15 is 0 Å². The van der Waals surface area contributed by atoms with E-state index in [-0.39, 0.29) is 0 Å². The zero-order valence-electron chi connectivity index (χ0n) is 9.89. The quantitative estimate of drug-likeness (QED) is 0.767. The van der Waals surface area contributed by atoms with Crippen LogP contribution >= 0.6 is 27.5 Å². The molecule has 1 rings (SSSR count). The summed E-state index contributed by atoms with van der Waals surface area (Å²) in [6.07, 6.45) is 3.56. The van der Waals surface area contributed by atoms with Gasteiger partial charge in [0.25, 0.3) is 0 Å². The molecule has 0 unspecified atom stereocenters. The molecule has 1 aromatic carbocycles. The molecule has 0 amide bonds. The first kappa shape index (κ1) is 14.0. The molecule has 16 heavy (non-hydrogen) atoms. The van der Waals surface area contributed by atoms with Crippen LogP contribution < -0.4 is 5.32 Å². The highest BCUT2D eigenvalue weighted by molar-refractivity contribution is 9.10. The predicted octanol–water partition coefficient (Wildman–Crippen LogP) is 4.42. The summed E-state index contributed by atoms with van der Waals surface area (Å²) in [4.78, 5) is 0. The molecule has 0 saturated heterocycles. The lowest BCUT2D eigenvalue weighted by atomic mass is 10.1. The Bertz CT molecular complexity index is 326. The van der Waals surface area contributed by atoms with Gasteiger partial charge in [-0.15, -0.1) is 0 Å². The lowest BCUT2D eigenvalue weighted by Gasteiger charge is -2.07. The van der Waals surface area contributed by atoms with Gasteiger partial charge >= 0.3 is 0 Å². The molecule has 1 aromatic rings. The van der Waals surface area contributed by atoms with Crippen molar-refractivity contribution in [1.29, 1.82) is 0 Å². The van der Waals surface area contributed by atoms with Crippen molar-refractivity contribution >= 4 is 27.5 Å². The fraction of sp³-hybridized carbons (Fsp3) is 0.538. The third-order valence-electron chi connectivity index (χ3n) is 2.43. The van der Waals surface area contributed by atoms with Gasteiger partial charge in [0.2, 0.25) is 0 Å². The maximum Gasteiger partial charge on any atom is 0.0548 e. The zero-order valence-corrected chi connectivity index (χ0v) is 12.2. The predicted molar refractivity (Wildman–Crippen MR) is 75.2 cm³/mol. The smallest absolute Gasteiger partial charge is 0.0548 e. The maximum atomic E-state index is 5.94. The average Bonchev–Trinajstić information content (AvgIpc) is 2.22. The van der Waals surface area contributed by atoms with E-state index in [1.165, 1.54) is 18.4 Å². The van der Waals surface area contributed by atoms with E-state index in [4.69, 9.17) is 11.6 Å². The van der Waals surface area contributed by atoms with Gasteiger partial charge in [0.05, 0.1) is 5.02 Å². The van der Waals surface area contributed by atoms with Crippen LogP contribution in [0.5, 0.6) is 0 Å². The molecule has 1 nitrogen and oxygen atoms in total. The minimum Gasteiger partial charge on any atom is -0.315 e. The van der Waals surface area contributed by atoms with Crippen molar-refractivity contribution in [3.05, 3.63) is 33.3 Å². The highest BCUT2D eigenvalue weighted by atomic mass is 79.9. The third kappa shape index (κ3) is 5.33. The Morgan fingerprint density at radius 1 is 1.31 bits per heavy atom. The molecule has 0 spiro atoms. The first-order valence-corrected chi connectivity index (χ1v) is 6.94.